The first-order chi connectivity index (χ1) is 11.9. The van der Waals surface area contributed by atoms with Crippen LogP contribution in [0.2, 0.25) is 18.1 Å². The molecule has 7 nitrogen and oxygen atoms in total. The Bertz CT molecular complexity index is 770. The zero-order valence-corrected chi connectivity index (χ0v) is 19.4. The number of halogens is 1. The lowest BCUT2D eigenvalue weighted by atomic mass is 10.1. The minimum atomic E-state index is -2.08. The fraction of sp³-hybridized carbons (Fsp3) is 0.765. The molecule has 2 N–H and O–H groups in total. The van der Waals surface area contributed by atoms with Crippen molar-refractivity contribution in [1.29, 1.82) is 0 Å². The summed E-state index contributed by atoms with van der Waals surface area (Å²) in [5, 5.41) is 9.86. The number of aryl methyl sites for hydroxylation is 1. The van der Waals surface area contributed by atoms with Crippen LogP contribution in [0.4, 0.5) is 0 Å². The van der Waals surface area contributed by atoms with Crippen LogP contribution in [0.1, 0.15) is 32.8 Å². The van der Waals surface area contributed by atoms with E-state index in [1.165, 1.54) is 10.8 Å². The molecular formula is C17H29IN2O5Si. The second-order valence-electron chi connectivity index (χ2n) is 8.48. The summed E-state index contributed by atoms with van der Waals surface area (Å²) in [6.07, 6.45) is 1.15. The third kappa shape index (κ3) is 4.01. The van der Waals surface area contributed by atoms with Crippen LogP contribution >= 0.6 is 22.6 Å². The minimum Gasteiger partial charge on any atom is -0.411 e. The van der Waals surface area contributed by atoms with Crippen molar-refractivity contribution in [3.05, 3.63) is 32.6 Å². The molecule has 0 aliphatic carbocycles. The molecule has 148 valence electrons. The van der Waals surface area contributed by atoms with Crippen molar-refractivity contribution in [2.75, 3.05) is 11.0 Å². The van der Waals surface area contributed by atoms with Crippen molar-refractivity contribution < 1.29 is 14.3 Å². The topological polar surface area (TPSA) is 93.6 Å². The molecule has 1 aliphatic heterocycles. The van der Waals surface area contributed by atoms with E-state index in [9.17, 15) is 14.7 Å². The van der Waals surface area contributed by atoms with Crippen molar-refractivity contribution in [2.45, 2.75) is 70.2 Å². The van der Waals surface area contributed by atoms with Crippen molar-refractivity contribution in [1.82, 2.24) is 9.55 Å². The number of aromatic amines is 1. The SMILES string of the molecule is Cc1cn([C@@]2(CI)C[C@H](O[Si](C)(C)C(C)(C)C)[C@@H](CO)O2)c(=O)[nH]c1=O. The largest absolute Gasteiger partial charge is 0.411 e. The minimum absolute atomic E-state index is 0.0218. The van der Waals surface area contributed by atoms with Gasteiger partial charge in [0.2, 0.25) is 0 Å². The summed E-state index contributed by atoms with van der Waals surface area (Å²) in [5.74, 6) is 0. The highest BCUT2D eigenvalue weighted by Gasteiger charge is 2.51. The molecule has 26 heavy (non-hydrogen) atoms. The molecule has 1 aromatic heterocycles. The number of nitrogens with zero attached hydrogens (tertiary/aromatic N) is 1. The molecule has 2 rings (SSSR count). The summed E-state index contributed by atoms with van der Waals surface area (Å²) < 4.78 is 14.6. The van der Waals surface area contributed by atoms with Crippen LogP contribution < -0.4 is 11.2 Å². The number of nitrogens with one attached hydrogen (secondary N) is 1. The standard InChI is InChI=1S/C17H29IN2O5Si/c1-11-8-20(15(23)19-14(11)22)17(10-18)7-12(13(9-21)24-17)25-26(5,6)16(2,3)4/h8,12-13,21H,7,9-10H2,1-6H3,(H,19,22,23)/t12-,13+,17-/m0/s1. The Balaban J connectivity index is 2.43. The highest BCUT2D eigenvalue weighted by molar-refractivity contribution is 14.1. The average molecular weight is 496 g/mol. The molecule has 9 heteroatoms. The molecule has 1 fully saturated rings. The van der Waals surface area contributed by atoms with Gasteiger partial charge in [0.1, 0.15) is 6.10 Å². The van der Waals surface area contributed by atoms with E-state index in [-0.39, 0.29) is 17.7 Å². The number of alkyl halides is 1. The third-order valence-electron chi connectivity index (χ3n) is 5.51. The van der Waals surface area contributed by atoms with E-state index in [1.54, 1.807) is 6.92 Å². The van der Waals surface area contributed by atoms with Gasteiger partial charge in [-0.05, 0) is 25.1 Å². The predicted molar refractivity (Wildman–Crippen MR) is 112 cm³/mol. The normalized spacial score (nSPS) is 27.1. The van der Waals surface area contributed by atoms with Gasteiger partial charge in [0.05, 0.1) is 12.7 Å². The van der Waals surface area contributed by atoms with Gasteiger partial charge in [0, 0.05) is 22.6 Å². The fourth-order valence-electron chi connectivity index (χ4n) is 2.85. The summed E-state index contributed by atoms with van der Waals surface area (Å²) in [7, 11) is -2.08. The Morgan fingerprint density at radius 3 is 2.58 bits per heavy atom. The molecule has 0 spiro atoms. The third-order valence-corrected chi connectivity index (χ3v) is 11.2. The molecule has 1 aliphatic rings. The molecular weight excluding hydrogens is 467 g/mol. The maximum Gasteiger partial charge on any atom is 0.330 e. The second-order valence-corrected chi connectivity index (χ2v) is 14.0. The molecule has 0 amide bonds. The van der Waals surface area contributed by atoms with Gasteiger partial charge in [-0.2, -0.15) is 0 Å². The molecule has 0 saturated carbocycles. The van der Waals surface area contributed by atoms with Gasteiger partial charge in [-0.25, -0.2) is 4.79 Å². The van der Waals surface area contributed by atoms with Gasteiger partial charge >= 0.3 is 5.69 Å². The number of hydrogen-bond acceptors (Lipinski definition) is 5. The monoisotopic (exact) mass is 496 g/mol. The Morgan fingerprint density at radius 1 is 1.46 bits per heavy atom. The molecule has 0 bridgehead atoms. The van der Waals surface area contributed by atoms with Gasteiger partial charge in [-0.15, -0.1) is 0 Å². The van der Waals surface area contributed by atoms with Gasteiger partial charge in [-0.3, -0.25) is 14.3 Å². The number of aliphatic hydroxyl groups is 1. The molecule has 1 saturated heterocycles. The van der Waals surface area contributed by atoms with Crippen molar-refractivity contribution >= 4 is 30.9 Å². The van der Waals surface area contributed by atoms with Crippen LogP contribution in [-0.2, 0) is 14.9 Å². The van der Waals surface area contributed by atoms with Crippen LogP contribution in [0.15, 0.2) is 15.8 Å². The zero-order valence-electron chi connectivity index (χ0n) is 16.3. The van der Waals surface area contributed by atoms with E-state index < -0.39 is 31.4 Å². The number of rotatable bonds is 5. The Morgan fingerprint density at radius 2 is 2.08 bits per heavy atom. The molecule has 2 heterocycles. The van der Waals surface area contributed by atoms with Gasteiger partial charge in [-0.1, -0.05) is 43.4 Å². The van der Waals surface area contributed by atoms with Crippen LogP contribution in [0.3, 0.4) is 0 Å². The molecule has 0 unspecified atom stereocenters. The predicted octanol–water partition coefficient (Wildman–Crippen LogP) is 2.10. The van der Waals surface area contributed by atoms with Gasteiger partial charge < -0.3 is 14.3 Å². The van der Waals surface area contributed by atoms with Gasteiger partial charge in [0.25, 0.3) is 5.56 Å². The summed E-state index contributed by atoms with van der Waals surface area (Å²) in [4.78, 5) is 26.5. The highest BCUT2D eigenvalue weighted by atomic mass is 127. The second kappa shape index (κ2) is 7.49. The zero-order chi connectivity index (χ0) is 19.9. The van der Waals surface area contributed by atoms with Crippen LogP contribution in [0, 0.1) is 6.92 Å². The van der Waals surface area contributed by atoms with Crippen molar-refractivity contribution in [3.8, 4) is 0 Å². The average Bonchev–Trinajstić information content (AvgIpc) is 2.88. The maximum absolute atomic E-state index is 12.4. The Hall–Kier alpha value is -0.493. The Kier molecular flexibility index (Phi) is 6.28. The lowest BCUT2D eigenvalue weighted by Crippen LogP contribution is -2.47. The number of aromatic nitrogens is 2. The molecule has 3 atom stereocenters. The van der Waals surface area contributed by atoms with E-state index >= 15 is 0 Å². The first-order valence-electron chi connectivity index (χ1n) is 8.72. The van der Waals surface area contributed by atoms with Gasteiger partial charge in [0.15, 0.2) is 14.0 Å². The first kappa shape index (κ1) is 21.8. The highest BCUT2D eigenvalue weighted by Crippen LogP contribution is 2.43. The summed E-state index contributed by atoms with van der Waals surface area (Å²) in [6.45, 7) is 12.2. The van der Waals surface area contributed by atoms with Crippen LogP contribution in [-0.4, -0.2) is 46.2 Å². The number of aliphatic hydroxyl groups excluding tert-OH is 1. The van der Waals surface area contributed by atoms with E-state index in [1.807, 2.05) is 0 Å². The molecule has 0 radical (unpaired) electrons. The maximum atomic E-state index is 12.4. The van der Waals surface area contributed by atoms with Crippen LogP contribution in [0.25, 0.3) is 0 Å². The molecule has 1 aromatic rings. The van der Waals surface area contributed by atoms with Crippen LogP contribution in [0.5, 0.6) is 0 Å². The van der Waals surface area contributed by atoms with E-state index in [0.29, 0.717) is 16.4 Å². The van der Waals surface area contributed by atoms with E-state index in [0.717, 1.165) is 0 Å². The van der Waals surface area contributed by atoms with Crippen molar-refractivity contribution in [2.24, 2.45) is 0 Å². The number of hydrogen-bond donors (Lipinski definition) is 2. The smallest absolute Gasteiger partial charge is 0.330 e. The lowest BCUT2D eigenvalue weighted by Gasteiger charge is -2.39. The Labute approximate surface area is 168 Å². The summed E-state index contributed by atoms with van der Waals surface area (Å²) in [6, 6.07) is 0. The van der Waals surface area contributed by atoms with E-state index in [4.69, 9.17) is 9.16 Å². The number of H-pyrrole nitrogens is 1. The van der Waals surface area contributed by atoms with E-state index in [2.05, 4.69) is 61.4 Å². The fourth-order valence-corrected chi connectivity index (χ4v) is 5.06. The lowest BCUT2D eigenvalue weighted by molar-refractivity contribution is -0.102. The summed E-state index contributed by atoms with van der Waals surface area (Å²) >= 11 is 2.17. The quantitative estimate of drug-likeness (QED) is 0.370. The first-order valence-corrected chi connectivity index (χ1v) is 13.2. The summed E-state index contributed by atoms with van der Waals surface area (Å²) in [5.41, 5.74) is -1.43. The molecule has 0 aromatic carbocycles. The van der Waals surface area contributed by atoms with Crippen molar-refractivity contribution in [3.63, 3.8) is 0 Å². The number of ether oxygens (including phenoxy) is 1.